The Balaban J connectivity index is 1.87. The number of hydrogen-bond donors (Lipinski definition) is 2. The number of hydrogen-bond acceptors (Lipinski definition) is 3. The van der Waals surface area contributed by atoms with Crippen LogP contribution >= 0.6 is 0 Å². The molecule has 0 bridgehead atoms. The zero-order valence-electron chi connectivity index (χ0n) is 14.0. The summed E-state index contributed by atoms with van der Waals surface area (Å²) >= 11 is 0. The van der Waals surface area contributed by atoms with Crippen LogP contribution in [0.2, 0.25) is 0 Å². The van der Waals surface area contributed by atoms with E-state index in [0.717, 1.165) is 29.3 Å². The molecule has 0 fully saturated rings. The highest BCUT2D eigenvalue weighted by Gasteiger charge is 2.05. The van der Waals surface area contributed by atoms with Crippen molar-refractivity contribution in [1.29, 1.82) is 0 Å². The Morgan fingerprint density at radius 2 is 1.65 bits per heavy atom. The number of benzene rings is 2. The lowest BCUT2D eigenvalue weighted by atomic mass is 10.0. The Kier molecular flexibility index (Phi) is 6.92. The van der Waals surface area contributed by atoms with E-state index in [-0.39, 0.29) is 11.5 Å². The molecule has 124 valence electrons. The van der Waals surface area contributed by atoms with Crippen LogP contribution in [0.4, 0.5) is 0 Å². The molecule has 0 atom stereocenters. The van der Waals surface area contributed by atoms with Gasteiger partial charge in [-0.1, -0.05) is 51.5 Å². The highest BCUT2D eigenvalue weighted by Crippen LogP contribution is 2.28. The third kappa shape index (κ3) is 5.27. The van der Waals surface area contributed by atoms with E-state index in [2.05, 4.69) is 11.9 Å². The molecule has 0 aliphatic heterocycles. The predicted molar refractivity (Wildman–Crippen MR) is 97.7 cm³/mol. The van der Waals surface area contributed by atoms with E-state index < -0.39 is 0 Å². The van der Waals surface area contributed by atoms with Crippen molar-refractivity contribution in [2.75, 3.05) is 6.54 Å². The van der Waals surface area contributed by atoms with Crippen LogP contribution in [0.1, 0.15) is 57.4 Å². The second kappa shape index (κ2) is 9.19. The fourth-order valence-electron chi connectivity index (χ4n) is 2.78. The molecule has 0 saturated heterocycles. The molecule has 0 saturated carbocycles. The van der Waals surface area contributed by atoms with Gasteiger partial charge in [-0.3, -0.25) is 4.99 Å². The van der Waals surface area contributed by atoms with Gasteiger partial charge in [0, 0.05) is 18.3 Å². The molecule has 23 heavy (non-hydrogen) atoms. The van der Waals surface area contributed by atoms with Crippen LogP contribution in [-0.2, 0) is 0 Å². The van der Waals surface area contributed by atoms with Crippen molar-refractivity contribution in [3.8, 4) is 11.5 Å². The maximum Gasteiger partial charge on any atom is 0.124 e. The molecule has 3 heteroatoms. The Labute approximate surface area is 138 Å². The minimum absolute atomic E-state index is 0.228. The predicted octanol–water partition coefficient (Wildman–Crippen LogP) is 5.42. The maximum atomic E-state index is 10.0. The largest absolute Gasteiger partial charge is 0.508 e. The van der Waals surface area contributed by atoms with Crippen molar-refractivity contribution < 1.29 is 10.2 Å². The number of aliphatic imine (C=N–C) groups is 1. The molecule has 0 amide bonds. The van der Waals surface area contributed by atoms with Gasteiger partial charge in [0.2, 0.25) is 0 Å². The van der Waals surface area contributed by atoms with Gasteiger partial charge in [0.05, 0.1) is 0 Å². The fraction of sp³-hybridized carbons (Fsp3) is 0.450. The summed E-state index contributed by atoms with van der Waals surface area (Å²) in [6.07, 6.45) is 10.7. The summed E-state index contributed by atoms with van der Waals surface area (Å²) in [5, 5.41) is 21.4. The minimum atomic E-state index is 0.228. The van der Waals surface area contributed by atoms with Crippen LogP contribution in [-0.4, -0.2) is 23.0 Å². The highest BCUT2D eigenvalue weighted by atomic mass is 16.3. The van der Waals surface area contributed by atoms with Crippen LogP contribution in [0.25, 0.3) is 10.8 Å². The molecule has 0 radical (unpaired) electrons. The number of unbranched alkanes of at least 4 members (excludes halogenated alkanes) is 6. The first-order valence-corrected chi connectivity index (χ1v) is 8.67. The lowest BCUT2D eigenvalue weighted by molar-refractivity contribution is 0.473. The van der Waals surface area contributed by atoms with Gasteiger partial charge < -0.3 is 10.2 Å². The molecule has 0 aliphatic rings. The van der Waals surface area contributed by atoms with Gasteiger partial charge >= 0.3 is 0 Å². The van der Waals surface area contributed by atoms with Crippen molar-refractivity contribution in [1.82, 2.24) is 0 Å². The quantitative estimate of drug-likeness (QED) is 0.479. The van der Waals surface area contributed by atoms with Gasteiger partial charge in [0.15, 0.2) is 0 Å². The van der Waals surface area contributed by atoms with Gasteiger partial charge in [-0.05, 0) is 41.5 Å². The van der Waals surface area contributed by atoms with E-state index in [0.29, 0.717) is 0 Å². The van der Waals surface area contributed by atoms with Crippen molar-refractivity contribution in [3.63, 3.8) is 0 Å². The molecule has 0 spiro atoms. The van der Waals surface area contributed by atoms with Crippen molar-refractivity contribution in [2.24, 2.45) is 4.99 Å². The van der Waals surface area contributed by atoms with Gasteiger partial charge in [-0.15, -0.1) is 0 Å². The molecule has 0 unspecified atom stereocenters. The lowest BCUT2D eigenvalue weighted by Gasteiger charge is -2.05. The van der Waals surface area contributed by atoms with Gasteiger partial charge in [-0.2, -0.15) is 0 Å². The average Bonchev–Trinajstić information content (AvgIpc) is 2.55. The summed E-state index contributed by atoms with van der Waals surface area (Å²) in [7, 11) is 0. The van der Waals surface area contributed by atoms with Crippen LogP contribution < -0.4 is 0 Å². The number of phenolic OH excluding ortho intramolecular Hbond substituents is 2. The second-order valence-corrected chi connectivity index (χ2v) is 6.06. The zero-order valence-corrected chi connectivity index (χ0v) is 14.0. The summed E-state index contributed by atoms with van der Waals surface area (Å²) in [6.45, 7) is 3.03. The van der Waals surface area contributed by atoms with E-state index in [1.165, 1.54) is 38.5 Å². The van der Waals surface area contributed by atoms with Crippen LogP contribution in [0.15, 0.2) is 35.3 Å². The normalized spacial score (nSPS) is 11.5. The number of fused-ring (bicyclic) bond motifs is 1. The molecule has 0 heterocycles. The second-order valence-electron chi connectivity index (χ2n) is 6.06. The summed E-state index contributed by atoms with van der Waals surface area (Å²) in [5.74, 6) is 0.459. The smallest absolute Gasteiger partial charge is 0.124 e. The highest BCUT2D eigenvalue weighted by molar-refractivity contribution is 6.02. The van der Waals surface area contributed by atoms with Crippen LogP contribution in [0.3, 0.4) is 0 Å². The monoisotopic (exact) mass is 313 g/mol. The molecule has 2 N–H and O–H groups in total. The standard InChI is InChI=1S/C20H27NO2/c1-2-3-4-5-6-7-8-13-21-15-19-18-11-10-17(22)14-16(18)9-12-20(19)23/h9-12,14-15,22-23H,2-8,13H2,1H3. The maximum absolute atomic E-state index is 10.0. The number of aromatic hydroxyl groups is 2. The van der Waals surface area contributed by atoms with E-state index in [1.54, 1.807) is 30.5 Å². The number of phenols is 2. The van der Waals surface area contributed by atoms with E-state index >= 15 is 0 Å². The number of nitrogens with zero attached hydrogens (tertiary/aromatic N) is 1. The first-order chi connectivity index (χ1) is 11.2. The summed E-state index contributed by atoms with van der Waals surface area (Å²) < 4.78 is 0. The summed E-state index contributed by atoms with van der Waals surface area (Å²) in [6, 6.07) is 8.60. The lowest BCUT2D eigenvalue weighted by Crippen LogP contribution is -1.89. The van der Waals surface area contributed by atoms with E-state index in [9.17, 15) is 10.2 Å². The Morgan fingerprint density at radius 1 is 0.913 bits per heavy atom. The molecule has 3 nitrogen and oxygen atoms in total. The van der Waals surface area contributed by atoms with Crippen molar-refractivity contribution in [3.05, 3.63) is 35.9 Å². The third-order valence-electron chi connectivity index (χ3n) is 4.13. The Morgan fingerprint density at radius 3 is 2.43 bits per heavy atom. The van der Waals surface area contributed by atoms with Gasteiger partial charge in [-0.25, -0.2) is 0 Å². The zero-order chi connectivity index (χ0) is 16.5. The molecule has 0 aliphatic carbocycles. The molecule has 2 aromatic rings. The van der Waals surface area contributed by atoms with E-state index in [4.69, 9.17) is 0 Å². The van der Waals surface area contributed by atoms with Gasteiger partial charge in [0.1, 0.15) is 11.5 Å². The Hall–Kier alpha value is -2.03. The molecule has 2 rings (SSSR count). The third-order valence-corrected chi connectivity index (χ3v) is 4.13. The molecular formula is C20H27NO2. The van der Waals surface area contributed by atoms with Crippen molar-refractivity contribution in [2.45, 2.75) is 51.9 Å². The topological polar surface area (TPSA) is 52.8 Å². The fourth-order valence-corrected chi connectivity index (χ4v) is 2.78. The van der Waals surface area contributed by atoms with Gasteiger partial charge in [0.25, 0.3) is 0 Å². The van der Waals surface area contributed by atoms with Crippen LogP contribution in [0, 0.1) is 0 Å². The summed E-state index contributed by atoms with van der Waals surface area (Å²) in [5.41, 5.74) is 0.727. The van der Waals surface area contributed by atoms with Crippen molar-refractivity contribution >= 4 is 17.0 Å². The Bertz CT molecular complexity index is 649. The SMILES string of the molecule is CCCCCCCCCN=Cc1c(O)ccc2cc(O)ccc12. The molecular weight excluding hydrogens is 286 g/mol. The molecule has 0 aromatic heterocycles. The van der Waals surface area contributed by atoms with Crippen LogP contribution in [0.5, 0.6) is 11.5 Å². The first kappa shape index (κ1) is 17.3. The average molecular weight is 313 g/mol. The number of rotatable bonds is 9. The molecule has 2 aromatic carbocycles. The first-order valence-electron chi connectivity index (χ1n) is 8.67. The van der Waals surface area contributed by atoms with E-state index in [1.807, 2.05) is 6.07 Å². The minimum Gasteiger partial charge on any atom is -0.508 e. The summed E-state index contributed by atoms with van der Waals surface area (Å²) in [4.78, 5) is 4.46.